The third-order valence-corrected chi connectivity index (χ3v) is 7.98. The molecule has 2 atom stereocenters. The standard InChI is InChI=1S/C26H27N3O3S2/c27-29-28-23(24(30)17-32-26(31)22-14-8-3-9-15-22)16-25(33-18-20-10-4-1-5-11-20)34-19-21-12-6-2-7-13-21/h1-15,23-25,30H,16-19H2/t23-,24-/m0/s1. The molecule has 3 aromatic carbocycles. The van der Waals surface area contributed by atoms with Crippen LogP contribution in [-0.2, 0) is 16.2 Å². The van der Waals surface area contributed by atoms with Gasteiger partial charge in [-0.3, -0.25) is 0 Å². The Kier molecular flexibility index (Phi) is 10.9. The van der Waals surface area contributed by atoms with Crippen LogP contribution in [0.4, 0.5) is 0 Å². The molecule has 0 bridgehead atoms. The Balaban J connectivity index is 1.62. The molecule has 0 amide bonds. The largest absolute Gasteiger partial charge is 0.459 e. The third kappa shape index (κ3) is 8.80. The average Bonchev–Trinajstić information content (AvgIpc) is 2.89. The number of azide groups is 1. The van der Waals surface area contributed by atoms with E-state index in [2.05, 4.69) is 34.3 Å². The minimum absolute atomic E-state index is 0.0652. The monoisotopic (exact) mass is 493 g/mol. The predicted octanol–water partition coefficient (Wildman–Crippen LogP) is 6.47. The fourth-order valence-electron chi connectivity index (χ4n) is 3.19. The molecule has 0 aliphatic heterocycles. The Hall–Kier alpha value is -2.90. The van der Waals surface area contributed by atoms with Crippen molar-refractivity contribution < 1.29 is 14.6 Å². The first-order valence-corrected chi connectivity index (χ1v) is 13.0. The van der Waals surface area contributed by atoms with E-state index in [1.807, 2.05) is 42.5 Å². The van der Waals surface area contributed by atoms with Crippen molar-refractivity contribution in [1.29, 1.82) is 0 Å². The van der Waals surface area contributed by atoms with Gasteiger partial charge in [0.15, 0.2) is 0 Å². The van der Waals surface area contributed by atoms with E-state index in [-0.39, 0.29) is 11.2 Å². The van der Waals surface area contributed by atoms with Crippen LogP contribution in [0.15, 0.2) is 96.1 Å². The van der Waals surface area contributed by atoms with Crippen molar-refractivity contribution in [2.45, 2.75) is 34.7 Å². The summed E-state index contributed by atoms with van der Waals surface area (Å²) in [4.78, 5) is 15.2. The van der Waals surface area contributed by atoms with Gasteiger partial charge in [-0.25, -0.2) is 4.79 Å². The van der Waals surface area contributed by atoms with Crippen LogP contribution < -0.4 is 0 Å². The maximum Gasteiger partial charge on any atom is 0.338 e. The topological polar surface area (TPSA) is 95.3 Å². The van der Waals surface area contributed by atoms with Gasteiger partial charge in [0.2, 0.25) is 0 Å². The molecule has 0 radical (unpaired) electrons. The van der Waals surface area contributed by atoms with Crippen molar-refractivity contribution in [2.75, 3.05) is 6.61 Å². The molecule has 0 aromatic heterocycles. The first kappa shape index (κ1) is 25.7. The zero-order chi connectivity index (χ0) is 24.0. The summed E-state index contributed by atoms with van der Waals surface area (Å²) < 4.78 is 5.34. The van der Waals surface area contributed by atoms with Crippen molar-refractivity contribution >= 4 is 29.5 Å². The molecule has 34 heavy (non-hydrogen) atoms. The van der Waals surface area contributed by atoms with Gasteiger partial charge in [-0.15, -0.1) is 23.5 Å². The van der Waals surface area contributed by atoms with Crippen molar-refractivity contribution in [1.82, 2.24) is 0 Å². The lowest BCUT2D eigenvalue weighted by atomic mass is 10.1. The van der Waals surface area contributed by atoms with Gasteiger partial charge in [0.1, 0.15) is 6.61 Å². The summed E-state index contributed by atoms with van der Waals surface area (Å²) in [5, 5.41) is 14.5. The zero-order valence-electron chi connectivity index (χ0n) is 18.6. The van der Waals surface area contributed by atoms with Crippen molar-refractivity contribution in [3.63, 3.8) is 0 Å². The molecular formula is C26H27N3O3S2. The normalized spacial score (nSPS) is 12.5. The van der Waals surface area contributed by atoms with Crippen LogP contribution in [0.3, 0.4) is 0 Å². The van der Waals surface area contributed by atoms with E-state index in [1.165, 1.54) is 11.1 Å². The Morgan fingerprint density at radius 2 is 1.38 bits per heavy atom. The average molecular weight is 494 g/mol. The smallest absolute Gasteiger partial charge is 0.338 e. The number of thioether (sulfide) groups is 2. The van der Waals surface area contributed by atoms with Gasteiger partial charge in [0.25, 0.3) is 0 Å². The second kappa shape index (κ2) is 14.4. The Morgan fingerprint density at radius 3 is 1.88 bits per heavy atom. The number of hydrogen-bond acceptors (Lipinski definition) is 6. The number of aliphatic hydroxyl groups is 1. The van der Waals surface area contributed by atoms with E-state index in [9.17, 15) is 9.90 Å². The maximum absolute atomic E-state index is 12.2. The number of aliphatic hydroxyl groups excluding tert-OH is 1. The predicted molar refractivity (Wildman–Crippen MR) is 140 cm³/mol. The third-order valence-electron chi connectivity index (χ3n) is 5.03. The van der Waals surface area contributed by atoms with Crippen molar-refractivity contribution in [3.05, 3.63) is 118 Å². The molecule has 3 rings (SSSR count). The van der Waals surface area contributed by atoms with Gasteiger partial charge in [-0.2, -0.15) is 0 Å². The highest BCUT2D eigenvalue weighted by atomic mass is 32.2. The van der Waals surface area contributed by atoms with Crippen LogP contribution in [0.25, 0.3) is 10.4 Å². The van der Waals surface area contributed by atoms with Gasteiger partial charge in [0, 0.05) is 16.4 Å². The number of rotatable bonds is 13. The van der Waals surface area contributed by atoms with Gasteiger partial charge in [0.05, 0.1) is 22.3 Å². The summed E-state index contributed by atoms with van der Waals surface area (Å²) in [6, 6.07) is 28.2. The zero-order valence-corrected chi connectivity index (χ0v) is 20.3. The van der Waals surface area contributed by atoms with E-state index in [0.29, 0.717) is 12.0 Å². The summed E-state index contributed by atoms with van der Waals surface area (Å²) in [6.45, 7) is -0.239. The lowest BCUT2D eigenvalue weighted by Crippen LogP contribution is -2.32. The number of carbonyl (C=O) groups excluding carboxylic acids is 1. The fraction of sp³-hybridized carbons (Fsp3) is 0.269. The van der Waals surface area contributed by atoms with Gasteiger partial charge in [-0.1, -0.05) is 84.0 Å². The maximum atomic E-state index is 12.2. The summed E-state index contributed by atoms with van der Waals surface area (Å²) in [5.41, 5.74) is 11.9. The molecule has 0 heterocycles. The number of benzene rings is 3. The first-order chi connectivity index (χ1) is 16.7. The summed E-state index contributed by atoms with van der Waals surface area (Å²) in [7, 11) is 0. The highest BCUT2D eigenvalue weighted by molar-refractivity contribution is 8.16. The second-order valence-corrected chi connectivity index (χ2v) is 10.2. The van der Waals surface area contributed by atoms with E-state index < -0.39 is 18.1 Å². The van der Waals surface area contributed by atoms with Crippen LogP contribution in [0, 0.1) is 0 Å². The van der Waals surface area contributed by atoms with Crippen LogP contribution in [0.1, 0.15) is 27.9 Å². The highest BCUT2D eigenvalue weighted by Crippen LogP contribution is 2.34. The molecule has 0 aliphatic carbocycles. The second-order valence-electron chi connectivity index (χ2n) is 7.56. The van der Waals surface area contributed by atoms with Crippen LogP contribution in [0.2, 0.25) is 0 Å². The molecule has 6 nitrogen and oxygen atoms in total. The SMILES string of the molecule is [N-]=[N+]=N[C@@H](CC(SCc1ccccc1)SCc1ccccc1)[C@@H](O)COC(=O)c1ccccc1. The van der Waals surface area contributed by atoms with Gasteiger partial charge >= 0.3 is 5.97 Å². The molecule has 0 saturated heterocycles. The number of hydrogen-bond donors (Lipinski definition) is 1. The van der Waals surface area contributed by atoms with Crippen LogP contribution in [-0.4, -0.2) is 34.4 Å². The molecule has 0 unspecified atom stereocenters. The summed E-state index contributed by atoms with van der Waals surface area (Å²) in [5.74, 6) is 1.08. The van der Waals surface area contributed by atoms with Crippen molar-refractivity contribution in [2.24, 2.45) is 5.11 Å². The Labute approximate surface area is 208 Å². The minimum atomic E-state index is -1.10. The van der Waals surface area contributed by atoms with E-state index in [0.717, 1.165) is 11.5 Å². The van der Waals surface area contributed by atoms with E-state index in [1.54, 1.807) is 47.8 Å². The fourth-order valence-corrected chi connectivity index (χ4v) is 5.79. The molecular weight excluding hydrogens is 466 g/mol. The number of nitrogens with zero attached hydrogens (tertiary/aromatic N) is 3. The van der Waals surface area contributed by atoms with Crippen LogP contribution in [0.5, 0.6) is 0 Å². The number of ether oxygens (including phenoxy) is 1. The highest BCUT2D eigenvalue weighted by Gasteiger charge is 2.25. The molecule has 0 aliphatic rings. The molecule has 1 N–H and O–H groups in total. The first-order valence-electron chi connectivity index (χ1n) is 10.9. The summed E-state index contributed by atoms with van der Waals surface area (Å²) in [6.07, 6.45) is -0.649. The minimum Gasteiger partial charge on any atom is -0.459 e. The molecule has 8 heteroatoms. The quantitative estimate of drug-likeness (QED) is 0.0968. The number of esters is 1. The molecule has 176 valence electrons. The Morgan fingerprint density at radius 1 is 0.882 bits per heavy atom. The van der Waals surface area contributed by atoms with Crippen molar-refractivity contribution in [3.8, 4) is 0 Å². The number of carbonyl (C=O) groups is 1. The van der Waals surface area contributed by atoms with Gasteiger partial charge in [-0.05, 0) is 35.2 Å². The summed E-state index contributed by atoms with van der Waals surface area (Å²) >= 11 is 3.50. The molecule has 0 saturated carbocycles. The molecule has 0 spiro atoms. The molecule has 3 aromatic rings. The molecule has 0 fully saturated rings. The Bertz CT molecular complexity index is 1010. The van der Waals surface area contributed by atoms with E-state index in [4.69, 9.17) is 10.3 Å². The lowest BCUT2D eigenvalue weighted by molar-refractivity contribution is 0.0191. The van der Waals surface area contributed by atoms with Gasteiger partial charge < -0.3 is 9.84 Å². The van der Waals surface area contributed by atoms with Crippen LogP contribution >= 0.6 is 23.5 Å². The lowest BCUT2D eigenvalue weighted by Gasteiger charge is -2.24. The van der Waals surface area contributed by atoms with E-state index >= 15 is 0 Å².